The van der Waals surface area contributed by atoms with Gasteiger partial charge in [0.25, 0.3) is 5.91 Å². The summed E-state index contributed by atoms with van der Waals surface area (Å²) in [5.74, 6) is -1.31. The molecular formula is C17H13F4N3OS. The van der Waals surface area contributed by atoms with Gasteiger partial charge in [-0.1, -0.05) is 18.2 Å². The quantitative estimate of drug-likeness (QED) is 0.656. The van der Waals surface area contributed by atoms with Gasteiger partial charge in [-0.05, 0) is 30.7 Å². The number of hydrogen-bond donors (Lipinski definition) is 1. The molecule has 0 saturated heterocycles. The lowest BCUT2D eigenvalue weighted by Crippen LogP contribution is -2.10. The van der Waals surface area contributed by atoms with Gasteiger partial charge < -0.3 is 5.32 Å². The van der Waals surface area contributed by atoms with Crippen LogP contribution >= 0.6 is 11.3 Å². The van der Waals surface area contributed by atoms with Crippen LogP contribution in [-0.2, 0) is 13.2 Å². The molecule has 0 fully saturated rings. The molecule has 0 atom stereocenters. The second kappa shape index (κ2) is 6.56. The number of amides is 1. The number of alkyl halides is 3. The fourth-order valence-corrected chi connectivity index (χ4v) is 3.35. The molecule has 9 heteroatoms. The van der Waals surface area contributed by atoms with E-state index in [1.54, 1.807) is 12.1 Å². The van der Waals surface area contributed by atoms with Crippen molar-refractivity contribution >= 4 is 22.9 Å². The topological polar surface area (TPSA) is 46.9 Å². The second-order valence-electron chi connectivity index (χ2n) is 5.59. The van der Waals surface area contributed by atoms with Crippen LogP contribution in [0.3, 0.4) is 0 Å². The summed E-state index contributed by atoms with van der Waals surface area (Å²) >= 11 is 0.769. The van der Waals surface area contributed by atoms with E-state index in [9.17, 15) is 22.4 Å². The van der Waals surface area contributed by atoms with E-state index in [1.807, 2.05) is 19.1 Å². The number of carbonyl (C=O) groups is 1. The number of aromatic nitrogens is 2. The first kappa shape index (κ1) is 18.1. The molecule has 3 rings (SSSR count). The molecule has 136 valence electrons. The highest BCUT2D eigenvalue weighted by Crippen LogP contribution is 2.36. The number of aryl methyl sites for hydroxylation is 2. The number of nitrogens with zero attached hydrogens (tertiary/aromatic N) is 2. The van der Waals surface area contributed by atoms with Crippen LogP contribution in [-0.4, -0.2) is 15.7 Å². The number of nitrogens with one attached hydrogen (secondary N) is 1. The predicted octanol–water partition coefficient (Wildman–Crippen LogP) is 4.87. The normalized spacial score (nSPS) is 11.6. The molecule has 0 aliphatic heterocycles. The Morgan fingerprint density at radius 1 is 1.23 bits per heavy atom. The Balaban J connectivity index is 1.91. The molecule has 1 aromatic carbocycles. The van der Waals surface area contributed by atoms with Crippen molar-refractivity contribution in [3.63, 3.8) is 0 Å². The van der Waals surface area contributed by atoms with Crippen LogP contribution in [0.15, 0.2) is 36.4 Å². The van der Waals surface area contributed by atoms with Crippen LogP contribution in [0.5, 0.6) is 0 Å². The average molecular weight is 383 g/mol. The van der Waals surface area contributed by atoms with E-state index < -0.39 is 23.6 Å². The molecule has 1 N–H and O–H groups in total. The molecule has 0 radical (unpaired) electrons. The fourth-order valence-electron chi connectivity index (χ4n) is 2.37. The summed E-state index contributed by atoms with van der Waals surface area (Å²) in [5.41, 5.74) is 0.246. The summed E-state index contributed by atoms with van der Waals surface area (Å²) in [6, 6.07) is 8.84. The lowest BCUT2D eigenvalue weighted by molar-refractivity contribution is -0.141. The maximum atomic E-state index is 14.3. The maximum absolute atomic E-state index is 14.3. The summed E-state index contributed by atoms with van der Waals surface area (Å²) in [4.78, 5) is 12.3. The van der Waals surface area contributed by atoms with Gasteiger partial charge in [0.05, 0.1) is 15.4 Å². The summed E-state index contributed by atoms with van der Waals surface area (Å²) in [7, 11) is 1.29. The molecule has 0 aliphatic rings. The van der Waals surface area contributed by atoms with Crippen molar-refractivity contribution in [3.8, 4) is 10.6 Å². The first-order valence-electron chi connectivity index (χ1n) is 7.44. The summed E-state index contributed by atoms with van der Waals surface area (Å²) in [5, 5.41) is 6.03. The number of anilines is 1. The van der Waals surface area contributed by atoms with Crippen LogP contribution in [0.25, 0.3) is 10.6 Å². The predicted molar refractivity (Wildman–Crippen MR) is 90.6 cm³/mol. The average Bonchev–Trinajstić information content (AvgIpc) is 3.12. The number of para-hydroxylation sites is 1. The Morgan fingerprint density at radius 2 is 1.92 bits per heavy atom. The third-order valence-corrected chi connectivity index (χ3v) is 4.84. The van der Waals surface area contributed by atoms with Crippen LogP contribution in [0.4, 0.5) is 23.2 Å². The standard InChI is InChI=1S/C17H13F4N3OS/c1-9-5-3-4-6-11(9)22-16(25)13-7-10(18)15(26-13)12-8-14(17(19,20)21)23-24(12)2/h3-8H,1-2H3,(H,22,25). The molecule has 0 unspecified atom stereocenters. The number of rotatable bonds is 3. The Morgan fingerprint density at radius 3 is 2.54 bits per heavy atom. The SMILES string of the molecule is Cc1ccccc1NC(=O)c1cc(F)c(-c2cc(C(F)(F)F)nn2C)s1. The summed E-state index contributed by atoms with van der Waals surface area (Å²) in [6.07, 6.45) is -4.63. The molecular weight excluding hydrogens is 370 g/mol. The number of hydrogen-bond acceptors (Lipinski definition) is 3. The first-order chi connectivity index (χ1) is 12.2. The molecule has 0 bridgehead atoms. The van der Waals surface area contributed by atoms with Crippen molar-refractivity contribution in [2.24, 2.45) is 7.05 Å². The number of thiophene rings is 1. The van der Waals surface area contributed by atoms with Gasteiger partial charge in [-0.25, -0.2) is 4.39 Å². The maximum Gasteiger partial charge on any atom is 0.435 e. The fraction of sp³-hybridized carbons (Fsp3) is 0.176. The molecule has 2 heterocycles. The van der Waals surface area contributed by atoms with Crippen LogP contribution in [0, 0.1) is 12.7 Å². The van der Waals surface area contributed by atoms with Crippen LogP contribution in [0.1, 0.15) is 20.9 Å². The Bertz CT molecular complexity index is 975. The summed E-state index contributed by atoms with van der Waals surface area (Å²) < 4.78 is 53.6. The van der Waals surface area contributed by atoms with Crippen molar-refractivity contribution in [2.75, 3.05) is 5.32 Å². The molecule has 0 aliphatic carbocycles. The zero-order valence-corrected chi connectivity index (χ0v) is 14.5. The van der Waals surface area contributed by atoms with E-state index in [-0.39, 0.29) is 15.4 Å². The Labute approximate surface area is 150 Å². The van der Waals surface area contributed by atoms with Crippen molar-refractivity contribution in [3.05, 3.63) is 58.3 Å². The van der Waals surface area contributed by atoms with Crippen molar-refractivity contribution in [1.29, 1.82) is 0 Å². The van der Waals surface area contributed by atoms with E-state index in [2.05, 4.69) is 10.4 Å². The molecule has 4 nitrogen and oxygen atoms in total. The van der Waals surface area contributed by atoms with Crippen molar-refractivity contribution in [2.45, 2.75) is 13.1 Å². The van der Waals surface area contributed by atoms with E-state index in [0.717, 1.165) is 33.7 Å². The van der Waals surface area contributed by atoms with Gasteiger partial charge in [-0.3, -0.25) is 9.48 Å². The van der Waals surface area contributed by atoms with E-state index >= 15 is 0 Å². The molecule has 0 spiro atoms. The van der Waals surface area contributed by atoms with Gasteiger partial charge in [0, 0.05) is 12.7 Å². The number of carbonyl (C=O) groups excluding carboxylic acids is 1. The van der Waals surface area contributed by atoms with Gasteiger partial charge in [-0.2, -0.15) is 18.3 Å². The third kappa shape index (κ3) is 3.48. The second-order valence-corrected chi connectivity index (χ2v) is 6.65. The molecule has 0 saturated carbocycles. The number of halogens is 4. The Kier molecular flexibility index (Phi) is 4.57. The van der Waals surface area contributed by atoms with Gasteiger partial charge in [0.15, 0.2) is 5.69 Å². The monoisotopic (exact) mass is 383 g/mol. The lowest BCUT2D eigenvalue weighted by atomic mass is 10.2. The molecule has 3 aromatic rings. The third-order valence-electron chi connectivity index (χ3n) is 3.71. The lowest BCUT2D eigenvalue weighted by Gasteiger charge is -2.06. The molecule has 2 aromatic heterocycles. The highest BCUT2D eigenvalue weighted by atomic mass is 32.1. The minimum absolute atomic E-state index is 0.0465. The zero-order chi connectivity index (χ0) is 19.1. The number of benzene rings is 1. The van der Waals surface area contributed by atoms with Gasteiger partial charge >= 0.3 is 6.18 Å². The van der Waals surface area contributed by atoms with E-state index in [1.165, 1.54) is 7.05 Å². The van der Waals surface area contributed by atoms with Gasteiger partial charge in [0.1, 0.15) is 5.82 Å². The van der Waals surface area contributed by atoms with Crippen LogP contribution in [0.2, 0.25) is 0 Å². The van der Waals surface area contributed by atoms with E-state index in [4.69, 9.17) is 0 Å². The minimum atomic E-state index is -4.63. The van der Waals surface area contributed by atoms with Gasteiger partial charge in [0.2, 0.25) is 0 Å². The van der Waals surface area contributed by atoms with Crippen LogP contribution < -0.4 is 5.32 Å². The largest absolute Gasteiger partial charge is 0.435 e. The molecule has 26 heavy (non-hydrogen) atoms. The smallest absolute Gasteiger partial charge is 0.321 e. The van der Waals surface area contributed by atoms with Crippen molar-refractivity contribution in [1.82, 2.24) is 9.78 Å². The Hall–Kier alpha value is -2.68. The first-order valence-corrected chi connectivity index (χ1v) is 8.26. The van der Waals surface area contributed by atoms with Crippen molar-refractivity contribution < 1.29 is 22.4 Å². The van der Waals surface area contributed by atoms with Gasteiger partial charge in [-0.15, -0.1) is 11.3 Å². The highest BCUT2D eigenvalue weighted by Gasteiger charge is 2.35. The summed E-state index contributed by atoms with van der Waals surface area (Å²) in [6.45, 7) is 1.81. The van der Waals surface area contributed by atoms with E-state index in [0.29, 0.717) is 5.69 Å². The zero-order valence-electron chi connectivity index (χ0n) is 13.7. The minimum Gasteiger partial charge on any atom is -0.321 e. The highest BCUT2D eigenvalue weighted by molar-refractivity contribution is 7.17. The molecule has 1 amide bonds.